The van der Waals surface area contributed by atoms with Gasteiger partial charge in [-0.3, -0.25) is 14.4 Å². The van der Waals surface area contributed by atoms with Crippen molar-refractivity contribution in [3.63, 3.8) is 0 Å². The molecule has 1 aliphatic rings. The highest BCUT2D eigenvalue weighted by Gasteiger charge is 2.48. The Hall–Kier alpha value is -1.10. The average Bonchev–Trinajstić information content (AvgIpc) is 2.43. The van der Waals surface area contributed by atoms with Crippen LogP contribution in [0.2, 0.25) is 0 Å². The highest BCUT2D eigenvalue weighted by atomic mass is 32.2. The van der Waals surface area contributed by atoms with Gasteiger partial charge in [0.05, 0.1) is 12.7 Å². The minimum absolute atomic E-state index is 0.132. The molecule has 0 aromatic rings. The molecule has 0 aliphatic heterocycles. The summed E-state index contributed by atoms with van der Waals surface area (Å²) in [5.74, 6) is -1.13. The fourth-order valence-corrected chi connectivity index (χ4v) is 4.02. The normalized spacial score (nSPS) is 21.0. The van der Waals surface area contributed by atoms with E-state index in [0.29, 0.717) is 12.8 Å². The number of rotatable bonds is 7. The van der Waals surface area contributed by atoms with Crippen molar-refractivity contribution in [2.75, 3.05) is 12.9 Å². The smallest absolute Gasteiger partial charge is 0.317 e. The van der Waals surface area contributed by atoms with E-state index in [2.05, 4.69) is 0 Å². The zero-order valence-electron chi connectivity index (χ0n) is 14.2. The Morgan fingerprint density at radius 2 is 1.95 bits per heavy atom. The third-order valence-electron chi connectivity index (χ3n) is 3.98. The van der Waals surface area contributed by atoms with Gasteiger partial charge in [-0.1, -0.05) is 34.1 Å². The van der Waals surface area contributed by atoms with E-state index in [9.17, 15) is 14.4 Å². The maximum atomic E-state index is 12.8. The van der Waals surface area contributed by atoms with E-state index in [1.807, 2.05) is 27.7 Å². The number of unbranched alkanes of at least 4 members (excludes halogenated alkanes) is 1. The summed E-state index contributed by atoms with van der Waals surface area (Å²) in [6.45, 7) is 7.77. The van der Waals surface area contributed by atoms with Crippen LogP contribution in [0.15, 0.2) is 10.5 Å². The van der Waals surface area contributed by atoms with Crippen molar-refractivity contribution in [3.8, 4) is 0 Å². The Labute approximate surface area is 137 Å². The van der Waals surface area contributed by atoms with E-state index >= 15 is 0 Å². The minimum Gasteiger partial charge on any atom is -0.468 e. The largest absolute Gasteiger partial charge is 0.468 e. The van der Waals surface area contributed by atoms with Crippen molar-refractivity contribution in [1.29, 1.82) is 0 Å². The van der Waals surface area contributed by atoms with E-state index in [1.165, 1.54) is 18.9 Å². The summed E-state index contributed by atoms with van der Waals surface area (Å²) in [5, 5.41) is 0. The van der Waals surface area contributed by atoms with Gasteiger partial charge in [-0.25, -0.2) is 0 Å². The third-order valence-corrected chi connectivity index (χ3v) is 4.96. The zero-order valence-corrected chi connectivity index (χ0v) is 15.0. The molecule has 0 N–H and O–H groups in total. The molecule has 0 saturated heterocycles. The number of thioether (sulfide) groups is 1. The Bertz CT molecular complexity index is 491. The first kappa shape index (κ1) is 18.9. The van der Waals surface area contributed by atoms with Crippen LogP contribution in [-0.2, 0) is 19.1 Å². The van der Waals surface area contributed by atoms with Crippen molar-refractivity contribution in [1.82, 2.24) is 0 Å². The quantitative estimate of drug-likeness (QED) is 0.407. The van der Waals surface area contributed by atoms with Gasteiger partial charge in [-0.2, -0.15) is 0 Å². The van der Waals surface area contributed by atoms with Gasteiger partial charge in [0.2, 0.25) is 0 Å². The predicted octanol–water partition coefficient (Wildman–Crippen LogP) is 3.54. The molecule has 1 rings (SSSR count). The van der Waals surface area contributed by atoms with Crippen molar-refractivity contribution in [2.45, 2.75) is 53.4 Å². The monoisotopic (exact) mass is 326 g/mol. The molecular formula is C17H26O4S. The summed E-state index contributed by atoms with van der Waals surface area (Å²) in [6.07, 6.45) is 2.57. The Morgan fingerprint density at radius 3 is 2.45 bits per heavy atom. The third kappa shape index (κ3) is 4.00. The van der Waals surface area contributed by atoms with Gasteiger partial charge in [-0.15, -0.1) is 11.8 Å². The lowest BCUT2D eigenvalue weighted by molar-refractivity contribution is -0.153. The Kier molecular flexibility index (Phi) is 6.85. The lowest BCUT2D eigenvalue weighted by Crippen LogP contribution is -2.43. The van der Waals surface area contributed by atoms with Crippen LogP contribution in [0.4, 0.5) is 0 Å². The SMILES string of the molecule is CCCCC(=O)C1=C(SCC)CC(C)(C)[C@@H](C(=O)OC)C1=O. The van der Waals surface area contributed by atoms with Crippen LogP contribution in [0.3, 0.4) is 0 Å². The van der Waals surface area contributed by atoms with Gasteiger partial charge in [0, 0.05) is 6.42 Å². The maximum absolute atomic E-state index is 12.8. The lowest BCUT2D eigenvalue weighted by atomic mass is 9.67. The number of ketones is 2. The summed E-state index contributed by atoms with van der Waals surface area (Å²) in [4.78, 5) is 38.2. The second kappa shape index (κ2) is 7.95. The molecule has 0 spiro atoms. The number of carbonyl (C=O) groups is 3. The summed E-state index contributed by atoms with van der Waals surface area (Å²) in [5.41, 5.74) is -0.286. The maximum Gasteiger partial charge on any atom is 0.317 e. The first-order chi connectivity index (χ1) is 10.3. The Balaban J connectivity index is 3.28. The number of allylic oxidation sites excluding steroid dienone is 2. The van der Waals surface area contributed by atoms with E-state index in [4.69, 9.17) is 4.74 Å². The van der Waals surface area contributed by atoms with Crippen LogP contribution in [0, 0.1) is 11.3 Å². The first-order valence-corrected chi connectivity index (χ1v) is 8.79. The summed E-state index contributed by atoms with van der Waals surface area (Å²) in [7, 11) is 1.28. The van der Waals surface area contributed by atoms with E-state index in [1.54, 1.807) is 0 Å². The van der Waals surface area contributed by atoms with E-state index in [-0.39, 0.29) is 17.1 Å². The molecule has 0 saturated carbocycles. The molecule has 0 aromatic carbocycles. The van der Waals surface area contributed by atoms with Crippen LogP contribution in [-0.4, -0.2) is 30.4 Å². The molecule has 0 amide bonds. The molecule has 0 radical (unpaired) electrons. The van der Waals surface area contributed by atoms with Gasteiger partial charge in [0.15, 0.2) is 11.6 Å². The highest BCUT2D eigenvalue weighted by molar-refractivity contribution is 8.03. The fourth-order valence-electron chi connectivity index (χ4n) is 2.84. The van der Waals surface area contributed by atoms with Gasteiger partial charge >= 0.3 is 5.97 Å². The van der Waals surface area contributed by atoms with Gasteiger partial charge in [0.25, 0.3) is 0 Å². The summed E-state index contributed by atoms with van der Waals surface area (Å²) in [6, 6.07) is 0. The molecule has 0 bridgehead atoms. The van der Waals surface area contributed by atoms with Crippen LogP contribution in [0.25, 0.3) is 0 Å². The number of esters is 1. The highest BCUT2D eigenvalue weighted by Crippen LogP contribution is 2.46. The van der Waals surface area contributed by atoms with Crippen LogP contribution in [0.5, 0.6) is 0 Å². The number of carbonyl (C=O) groups excluding carboxylic acids is 3. The van der Waals surface area contributed by atoms with Gasteiger partial charge in [-0.05, 0) is 28.9 Å². The van der Waals surface area contributed by atoms with Crippen LogP contribution >= 0.6 is 11.8 Å². The zero-order chi connectivity index (χ0) is 16.9. The fraction of sp³-hybridized carbons (Fsp3) is 0.706. The second-order valence-corrected chi connectivity index (χ2v) is 7.60. The van der Waals surface area contributed by atoms with Crippen LogP contribution < -0.4 is 0 Å². The van der Waals surface area contributed by atoms with Crippen molar-refractivity contribution in [3.05, 3.63) is 10.5 Å². The van der Waals surface area contributed by atoms with Crippen molar-refractivity contribution >= 4 is 29.3 Å². The molecule has 4 nitrogen and oxygen atoms in total. The molecule has 1 aliphatic carbocycles. The number of ether oxygens (including phenoxy) is 1. The molecule has 1 atom stereocenters. The number of hydrogen-bond acceptors (Lipinski definition) is 5. The molecule has 0 fully saturated rings. The summed E-state index contributed by atoms with van der Waals surface area (Å²) >= 11 is 1.54. The molecule has 0 aromatic heterocycles. The molecule has 22 heavy (non-hydrogen) atoms. The van der Waals surface area contributed by atoms with Crippen molar-refractivity contribution in [2.24, 2.45) is 11.3 Å². The van der Waals surface area contributed by atoms with Gasteiger partial charge < -0.3 is 4.74 Å². The van der Waals surface area contributed by atoms with Crippen LogP contribution in [0.1, 0.15) is 53.4 Å². The van der Waals surface area contributed by atoms with Crippen molar-refractivity contribution < 1.29 is 19.1 Å². The molecule has 5 heteroatoms. The average molecular weight is 326 g/mol. The molecule has 0 unspecified atom stereocenters. The number of methoxy groups -OCH3 is 1. The minimum atomic E-state index is -0.890. The second-order valence-electron chi connectivity index (χ2n) is 6.24. The number of hydrogen-bond donors (Lipinski definition) is 0. The predicted molar refractivity (Wildman–Crippen MR) is 88.6 cm³/mol. The standard InChI is InChI=1S/C17H26O4S/c1-6-8-9-11(18)13-12(22-7-2)10-17(3,4)14(15(13)19)16(20)21-5/h14H,6-10H2,1-5H3/t14-/m1/s1. The molecule has 0 heterocycles. The summed E-state index contributed by atoms with van der Waals surface area (Å²) < 4.78 is 4.80. The molecule has 124 valence electrons. The lowest BCUT2D eigenvalue weighted by Gasteiger charge is -2.37. The molecular weight excluding hydrogens is 300 g/mol. The topological polar surface area (TPSA) is 60.4 Å². The Morgan fingerprint density at radius 1 is 1.32 bits per heavy atom. The van der Waals surface area contributed by atoms with E-state index < -0.39 is 17.3 Å². The first-order valence-electron chi connectivity index (χ1n) is 7.81. The number of Topliss-reactive ketones (excluding diaryl/α,β-unsaturated/α-hetero) is 2. The van der Waals surface area contributed by atoms with E-state index in [0.717, 1.165) is 23.5 Å². The van der Waals surface area contributed by atoms with Gasteiger partial charge in [0.1, 0.15) is 5.92 Å².